The van der Waals surface area contributed by atoms with Crippen molar-refractivity contribution < 1.29 is 4.79 Å². The molecule has 1 rings (SSSR count). The van der Waals surface area contributed by atoms with Crippen LogP contribution in [-0.4, -0.2) is 10.9 Å². The standard InChI is InChI=1S/C4H6BrNO/c5-4(7)6-3-1-2-3/h3H,1-2H2,(H,6,7). The molecular formula is C4H6BrNO. The van der Waals surface area contributed by atoms with Gasteiger partial charge in [-0.2, -0.15) is 0 Å². The summed E-state index contributed by atoms with van der Waals surface area (Å²) in [6.07, 6.45) is 2.30. The molecule has 1 aliphatic rings. The minimum atomic E-state index is -0.0880. The van der Waals surface area contributed by atoms with Crippen molar-refractivity contribution in [1.82, 2.24) is 5.32 Å². The highest BCUT2D eigenvalue weighted by Gasteiger charge is 2.21. The minimum Gasteiger partial charge on any atom is -0.344 e. The smallest absolute Gasteiger partial charge is 0.287 e. The molecule has 0 aromatic carbocycles. The first-order valence-corrected chi connectivity index (χ1v) is 3.04. The summed E-state index contributed by atoms with van der Waals surface area (Å²) < 4.78 is 0. The molecule has 0 heterocycles. The van der Waals surface area contributed by atoms with Crippen molar-refractivity contribution in [1.29, 1.82) is 0 Å². The van der Waals surface area contributed by atoms with Gasteiger partial charge in [0.15, 0.2) is 0 Å². The summed E-state index contributed by atoms with van der Waals surface area (Å²) in [5.41, 5.74) is 0. The van der Waals surface area contributed by atoms with E-state index in [9.17, 15) is 4.79 Å². The van der Waals surface area contributed by atoms with Gasteiger partial charge in [0.25, 0.3) is 4.82 Å². The largest absolute Gasteiger partial charge is 0.344 e. The second-order valence-corrected chi connectivity index (χ2v) is 2.41. The van der Waals surface area contributed by atoms with Gasteiger partial charge in [-0.15, -0.1) is 0 Å². The fraction of sp³-hybridized carbons (Fsp3) is 0.750. The topological polar surface area (TPSA) is 29.1 Å². The normalized spacial score (nSPS) is 19.0. The number of hydrogen-bond donors (Lipinski definition) is 1. The van der Waals surface area contributed by atoms with E-state index < -0.39 is 0 Å². The third kappa shape index (κ3) is 1.92. The first kappa shape index (κ1) is 5.09. The van der Waals surface area contributed by atoms with E-state index in [1.165, 1.54) is 0 Å². The lowest BCUT2D eigenvalue weighted by atomic mass is 10.7. The molecule has 1 N–H and O–H groups in total. The Labute approximate surface area is 50.4 Å². The van der Waals surface area contributed by atoms with Gasteiger partial charge in [0, 0.05) is 22.0 Å². The van der Waals surface area contributed by atoms with E-state index in [0.717, 1.165) is 12.8 Å². The highest BCUT2D eigenvalue weighted by Crippen LogP contribution is 2.18. The highest BCUT2D eigenvalue weighted by molar-refractivity contribution is 9.18. The predicted octanol–water partition coefficient (Wildman–Crippen LogP) is 1.25. The average Bonchev–Trinajstić information content (AvgIpc) is 2.17. The molecule has 0 bridgehead atoms. The molecule has 2 nitrogen and oxygen atoms in total. The van der Waals surface area contributed by atoms with Crippen molar-refractivity contribution in [3.8, 4) is 0 Å². The maximum absolute atomic E-state index is 10.1. The summed E-state index contributed by atoms with van der Waals surface area (Å²) in [4.78, 5) is 10.0. The molecule has 0 spiro atoms. The molecular weight excluding hydrogens is 158 g/mol. The van der Waals surface area contributed by atoms with Crippen molar-refractivity contribution in [3.63, 3.8) is 0 Å². The molecule has 3 heteroatoms. The van der Waals surface area contributed by atoms with Crippen molar-refractivity contribution in [2.75, 3.05) is 0 Å². The second kappa shape index (κ2) is 1.82. The molecule has 1 amide bonds. The van der Waals surface area contributed by atoms with E-state index in [4.69, 9.17) is 0 Å². The zero-order valence-corrected chi connectivity index (χ0v) is 5.36. The Kier molecular flexibility index (Phi) is 1.32. The van der Waals surface area contributed by atoms with Crippen LogP contribution in [0.3, 0.4) is 0 Å². The number of amides is 1. The van der Waals surface area contributed by atoms with Crippen LogP contribution in [0, 0.1) is 0 Å². The van der Waals surface area contributed by atoms with Crippen molar-refractivity contribution in [3.05, 3.63) is 0 Å². The third-order valence-corrected chi connectivity index (χ3v) is 1.12. The Morgan fingerprint density at radius 2 is 2.29 bits per heavy atom. The lowest BCUT2D eigenvalue weighted by Gasteiger charge is -1.90. The molecule has 1 aliphatic carbocycles. The maximum atomic E-state index is 10.1. The van der Waals surface area contributed by atoms with E-state index in [-0.39, 0.29) is 4.82 Å². The molecule has 40 valence electrons. The van der Waals surface area contributed by atoms with E-state index >= 15 is 0 Å². The van der Waals surface area contributed by atoms with Gasteiger partial charge >= 0.3 is 0 Å². The van der Waals surface area contributed by atoms with Gasteiger partial charge in [-0.05, 0) is 12.8 Å². The van der Waals surface area contributed by atoms with Gasteiger partial charge < -0.3 is 5.32 Å². The molecule has 0 aromatic heterocycles. The summed E-state index contributed by atoms with van der Waals surface area (Å²) in [6.45, 7) is 0. The molecule has 1 saturated carbocycles. The van der Waals surface area contributed by atoms with Crippen LogP contribution < -0.4 is 5.32 Å². The van der Waals surface area contributed by atoms with Gasteiger partial charge in [0.1, 0.15) is 0 Å². The summed E-state index contributed by atoms with van der Waals surface area (Å²) in [5.74, 6) is 0. The predicted molar refractivity (Wildman–Crippen MR) is 30.5 cm³/mol. The summed E-state index contributed by atoms with van der Waals surface area (Å²) in [5, 5.41) is 2.69. The first-order chi connectivity index (χ1) is 3.29. The third-order valence-electron chi connectivity index (χ3n) is 0.895. The number of hydrogen-bond acceptors (Lipinski definition) is 1. The maximum Gasteiger partial charge on any atom is 0.287 e. The van der Waals surface area contributed by atoms with E-state index in [1.54, 1.807) is 0 Å². The van der Waals surface area contributed by atoms with Crippen LogP contribution >= 0.6 is 15.9 Å². The van der Waals surface area contributed by atoms with E-state index in [1.807, 2.05) is 0 Å². The van der Waals surface area contributed by atoms with Gasteiger partial charge in [0.05, 0.1) is 0 Å². The van der Waals surface area contributed by atoms with Crippen LogP contribution in [-0.2, 0) is 0 Å². The zero-order chi connectivity index (χ0) is 5.28. The fourth-order valence-corrected chi connectivity index (χ4v) is 0.712. The lowest BCUT2D eigenvalue weighted by Crippen LogP contribution is -2.17. The highest BCUT2D eigenvalue weighted by atomic mass is 79.9. The Hall–Kier alpha value is -0.0500. The quantitative estimate of drug-likeness (QED) is 0.458. The molecule has 0 aromatic rings. The van der Waals surface area contributed by atoms with Gasteiger partial charge in [-0.1, -0.05) is 0 Å². The number of rotatable bonds is 1. The fourth-order valence-electron chi connectivity index (χ4n) is 0.388. The molecule has 0 unspecified atom stereocenters. The van der Waals surface area contributed by atoms with Crippen molar-refractivity contribution in [2.24, 2.45) is 0 Å². The summed E-state index contributed by atoms with van der Waals surface area (Å²) in [6, 6.07) is 0.479. The molecule has 0 aliphatic heterocycles. The van der Waals surface area contributed by atoms with Gasteiger partial charge in [-0.25, -0.2) is 0 Å². The summed E-state index contributed by atoms with van der Waals surface area (Å²) >= 11 is 2.76. The Morgan fingerprint density at radius 3 is 2.43 bits per heavy atom. The van der Waals surface area contributed by atoms with Crippen LogP contribution in [0.25, 0.3) is 0 Å². The Balaban J connectivity index is 2.08. The Morgan fingerprint density at radius 1 is 1.71 bits per heavy atom. The van der Waals surface area contributed by atoms with Gasteiger partial charge in [-0.3, -0.25) is 4.79 Å². The Bertz CT molecular complexity index is 89.7. The van der Waals surface area contributed by atoms with Crippen LogP contribution in [0.5, 0.6) is 0 Å². The average molecular weight is 164 g/mol. The van der Waals surface area contributed by atoms with E-state index in [0.29, 0.717) is 6.04 Å². The first-order valence-electron chi connectivity index (χ1n) is 2.25. The SMILES string of the molecule is O=C(Br)NC1CC1. The van der Waals surface area contributed by atoms with E-state index in [2.05, 4.69) is 21.2 Å². The zero-order valence-electron chi connectivity index (χ0n) is 3.78. The molecule has 0 atom stereocenters. The molecule has 7 heavy (non-hydrogen) atoms. The van der Waals surface area contributed by atoms with Gasteiger partial charge in [0.2, 0.25) is 0 Å². The number of carbonyl (C=O) groups excluding carboxylic acids is 1. The minimum absolute atomic E-state index is 0.0880. The number of nitrogens with one attached hydrogen (secondary N) is 1. The number of carbonyl (C=O) groups is 1. The second-order valence-electron chi connectivity index (χ2n) is 1.69. The van der Waals surface area contributed by atoms with Crippen molar-refractivity contribution in [2.45, 2.75) is 18.9 Å². The number of halogens is 1. The molecule has 1 fully saturated rings. The van der Waals surface area contributed by atoms with Crippen LogP contribution in [0.1, 0.15) is 12.8 Å². The van der Waals surface area contributed by atoms with Crippen LogP contribution in [0.4, 0.5) is 4.79 Å². The van der Waals surface area contributed by atoms with Crippen LogP contribution in [0.15, 0.2) is 0 Å². The van der Waals surface area contributed by atoms with Crippen molar-refractivity contribution >= 4 is 20.7 Å². The lowest BCUT2D eigenvalue weighted by molar-refractivity contribution is 0.261. The molecule has 0 radical (unpaired) electrons. The molecule has 0 saturated heterocycles. The monoisotopic (exact) mass is 163 g/mol. The summed E-state index contributed by atoms with van der Waals surface area (Å²) in [7, 11) is 0. The van der Waals surface area contributed by atoms with Crippen LogP contribution in [0.2, 0.25) is 0 Å².